The molecule has 2 rings (SSSR count). The molecule has 1 amide bonds. The van der Waals surface area contributed by atoms with Gasteiger partial charge in [0.2, 0.25) is 0 Å². The van der Waals surface area contributed by atoms with E-state index in [0.29, 0.717) is 11.2 Å². The second-order valence-corrected chi connectivity index (χ2v) is 4.54. The van der Waals surface area contributed by atoms with Crippen molar-refractivity contribution in [2.45, 2.75) is 39.0 Å². The quantitative estimate of drug-likeness (QED) is 0.749. The van der Waals surface area contributed by atoms with Crippen molar-refractivity contribution in [3.63, 3.8) is 0 Å². The largest absolute Gasteiger partial charge is 0.452 e. The van der Waals surface area contributed by atoms with E-state index in [0.717, 1.165) is 25.9 Å². The van der Waals surface area contributed by atoms with Gasteiger partial charge in [0.05, 0.1) is 6.61 Å². The summed E-state index contributed by atoms with van der Waals surface area (Å²) in [4.78, 5) is 11.6. The van der Waals surface area contributed by atoms with Gasteiger partial charge < -0.3 is 4.74 Å². The van der Waals surface area contributed by atoms with E-state index in [1.54, 1.807) is 0 Å². The fourth-order valence-electron chi connectivity index (χ4n) is 2.73. The third-order valence-corrected chi connectivity index (χ3v) is 3.48. The molecule has 1 aliphatic carbocycles. The summed E-state index contributed by atoms with van der Waals surface area (Å²) < 4.78 is 5.65. The summed E-state index contributed by atoms with van der Waals surface area (Å²) in [6.45, 7) is 4.31. The molecule has 0 aromatic rings. The average molecular weight is 225 g/mol. The number of carbonyl (C=O) groups is 1. The predicted octanol–water partition coefficient (Wildman–Crippen LogP) is 2.33. The van der Waals surface area contributed by atoms with E-state index in [4.69, 9.17) is 4.74 Å². The molecule has 1 heterocycles. The Bertz CT molecular complexity index is 293. The van der Waals surface area contributed by atoms with E-state index in [9.17, 15) is 4.79 Å². The number of quaternary nitrogens is 1. The number of amides is 1. The summed E-state index contributed by atoms with van der Waals surface area (Å²) >= 11 is 0. The van der Waals surface area contributed by atoms with Gasteiger partial charge in [-0.1, -0.05) is 0 Å². The minimum absolute atomic E-state index is 0.280. The first-order valence-electron chi connectivity index (χ1n) is 6.28. The number of ether oxygens (including phenoxy) is 1. The molecule has 0 unspecified atom stereocenters. The monoisotopic (exact) mass is 225 g/mol. The molecule has 0 aromatic heterocycles. The predicted molar refractivity (Wildman–Crippen MR) is 61.3 cm³/mol. The molecule has 1 saturated heterocycles. The summed E-state index contributed by atoms with van der Waals surface area (Å²) in [7, 11) is 0. The molecule has 4 nitrogen and oxygen atoms in total. The van der Waals surface area contributed by atoms with Gasteiger partial charge in [-0.3, -0.25) is 0 Å². The summed E-state index contributed by atoms with van der Waals surface area (Å²) in [5.74, 6) is 0. The molecular formula is C12H21N2O2+. The zero-order valence-electron chi connectivity index (χ0n) is 10.00. The van der Waals surface area contributed by atoms with Gasteiger partial charge in [-0.05, 0) is 25.8 Å². The van der Waals surface area contributed by atoms with Gasteiger partial charge in [0.25, 0.3) is 0 Å². The van der Waals surface area contributed by atoms with Crippen LogP contribution in [0.25, 0.3) is 0 Å². The fourth-order valence-corrected chi connectivity index (χ4v) is 2.73. The molecule has 0 aromatic carbocycles. The summed E-state index contributed by atoms with van der Waals surface area (Å²) in [6.07, 6.45) is 7.87. The third kappa shape index (κ3) is 2.21. The van der Waals surface area contributed by atoms with Gasteiger partial charge in [0, 0.05) is 19.3 Å². The van der Waals surface area contributed by atoms with Gasteiger partial charge in [-0.2, -0.15) is 10.0 Å². The number of likely N-dealkylation sites (tertiary alicyclic amines) is 1. The number of nitrogens with one attached hydrogen (secondary N) is 1. The standard InChI is InChI=1S/C12H20N2O2/c1-2-16-12(15)13-14(9-5-6-10-14)11-7-3-4-8-11/h7H,2-6,8-10H2,1H3/p+1. The average Bonchev–Trinajstić information content (AvgIpc) is 2.86. The van der Waals surface area contributed by atoms with Crippen LogP contribution in [0.4, 0.5) is 4.79 Å². The first-order chi connectivity index (χ1) is 7.77. The first kappa shape index (κ1) is 11.5. The van der Waals surface area contributed by atoms with Crippen LogP contribution in [-0.4, -0.2) is 30.4 Å². The van der Waals surface area contributed by atoms with Crippen molar-refractivity contribution in [2.75, 3.05) is 19.7 Å². The lowest BCUT2D eigenvalue weighted by Crippen LogP contribution is -2.57. The number of carbonyl (C=O) groups excluding carboxylic acids is 1. The van der Waals surface area contributed by atoms with Crippen LogP contribution in [0.15, 0.2) is 11.8 Å². The number of allylic oxidation sites excluding steroid dienone is 2. The lowest BCUT2D eigenvalue weighted by molar-refractivity contribution is -0.916. The number of rotatable bonds is 3. The molecular weight excluding hydrogens is 204 g/mol. The molecule has 0 bridgehead atoms. The maximum absolute atomic E-state index is 11.6. The van der Waals surface area contributed by atoms with Crippen LogP contribution in [0, 0.1) is 0 Å². The Morgan fingerprint density at radius 3 is 2.75 bits per heavy atom. The minimum Gasteiger partial charge on any atom is -0.447 e. The van der Waals surface area contributed by atoms with Crippen molar-refractivity contribution < 1.29 is 14.1 Å². The molecule has 1 N–H and O–H groups in total. The first-order valence-corrected chi connectivity index (χ1v) is 6.28. The van der Waals surface area contributed by atoms with Gasteiger partial charge in [0.1, 0.15) is 18.8 Å². The highest BCUT2D eigenvalue weighted by Gasteiger charge is 2.40. The van der Waals surface area contributed by atoms with Crippen LogP contribution in [0.3, 0.4) is 0 Å². The molecule has 0 saturated carbocycles. The normalized spacial score (nSPS) is 22.9. The van der Waals surface area contributed by atoms with Crippen molar-refractivity contribution in [2.24, 2.45) is 0 Å². The van der Waals surface area contributed by atoms with Gasteiger partial charge in [0.15, 0.2) is 0 Å². The van der Waals surface area contributed by atoms with Crippen molar-refractivity contribution >= 4 is 6.09 Å². The second-order valence-electron chi connectivity index (χ2n) is 4.54. The number of hydrogen-bond donors (Lipinski definition) is 1. The molecule has 4 heteroatoms. The van der Waals surface area contributed by atoms with Crippen LogP contribution >= 0.6 is 0 Å². The van der Waals surface area contributed by atoms with E-state index < -0.39 is 0 Å². The molecule has 1 aliphatic heterocycles. The maximum Gasteiger partial charge on any atom is 0.452 e. The zero-order chi connectivity index (χ0) is 11.4. The van der Waals surface area contributed by atoms with Crippen molar-refractivity contribution in [3.8, 4) is 0 Å². The Kier molecular flexibility index (Phi) is 3.49. The second kappa shape index (κ2) is 4.87. The molecule has 2 aliphatic rings. The molecule has 0 atom stereocenters. The molecule has 1 fully saturated rings. The van der Waals surface area contributed by atoms with Crippen molar-refractivity contribution in [3.05, 3.63) is 11.8 Å². The lowest BCUT2D eigenvalue weighted by atomic mass is 10.3. The highest BCUT2D eigenvalue weighted by atomic mass is 16.6. The van der Waals surface area contributed by atoms with E-state index >= 15 is 0 Å². The summed E-state index contributed by atoms with van der Waals surface area (Å²) in [6, 6.07) is 0. The van der Waals surface area contributed by atoms with Gasteiger partial charge >= 0.3 is 6.09 Å². The van der Waals surface area contributed by atoms with Crippen LogP contribution in [-0.2, 0) is 4.74 Å². The maximum atomic E-state index is 11.6. The highest BCUT2D eigenvalue weighted by Crippen LogP contribution is 2.31. The highest BCUT2D eigenvalue weighted by molar-refractivity contribution is 5.65. The van der Waals surface area contributed by atoms with Crippen molar-refractivity contribution in [1.29, 1.82) is 0 Å². The van der Waals surface area contributed by atoms with E-state index in [1.165, 1.54) is 25.0 Å². The summed E-state index contributed by atoms with van der Waals surface area (Å²) in [5.41, 5.74) is 4.42. The third-order valence-electron chi connectivity index (χ3n) is 3.48. The van der Waals surface area contributed by atoms with E-state index in [2.05, 4.69) is 11.5 Å². The molecule has 0 radical (unpaired) electrons. The van der Waals surface area contributed by atoms with Crippen molar-refractivity contribution in [1.82, 2.24) is 5.43 Å². The Hall–Kier alpha value is -1.03. The van der Waals surface area contributed by atoms with Crippen LogP contribution in [0.2, 0.25) is 0 Å². The summed E-state index contributed by atoms with van der Waals surface area (Å²) in [5, 5.41) is 0. The molecule has 0 spiro atoms. The van der Waals surface area contributed by atoms with Crippen LogP contribution in [0.5, 0.6) is 0 Å². The fraction of sp³-hybridized carbons (Fsp3) is 0.750. The van der Waals surface area contributed by atoms with Gasteiger partial charge in [-0.15, -0.1) is 0 Å². The Morgan fingerprint density at radius 2 is 2.19 bits per heavy atom. The SMILES string of the molecule is CCOC(=O)N[N+]1(C2=CCCC2)CCCC1. The molecule has 16 heavy (non-hydrogen) atoms. The van der Waals surface area contributed by atoms with E-state index in [-0.39, 0.29) is 6.09 Å². The van der Waals surface area contributed by atoms with E-state index in [1.807, 2.05) is 6.92 Å². The lowest BCUT2D eigenvalue weighted by Gasteiger charge is -2.33. The Labute approximate surface area is 96.8 Å². The smallest absolute Gasteiger partial charge is 0.447 e. The molecule has 90 valence electrons. The minimum atomic E-state index is -0.280. The number of nitrogens with zero attached hydrogens (tertiary/aromatic N) is 1. The topological polar surface area (TPSA) is 38.3 Å². The van der Waals surface area contributed by atoms with Crippen LogP contribution < -0.4 is 5.43 Å². The zero-order valence-corrected chi connectivity index (χ0v) is 10.00. The number of hydrogen-bond acceptors (Lipinski definition) is 2. The Morgan fingerprint density at radius 1 is 1.44 bits per heavy atom. The van der Waals surface area contributed by atoms with Gasteiger partial charge in [-0.25, -0.2) is 4.79 Å². The van der Waals surface area contributed by atoms with Crippen LogP contribution in [0.1, 0.15) is 39.0 Å². The Balaban J connectivity index is 2.06.